The van der Waals surface area contributed by atoms with Crippen molar-refractivity contribution in [1.82, 2.24) is 4.98 Å². The van der Waals surface area contributed by atoms with Gasteiger partial charge in [-0.3, -0.25) is 4.98 Å². The molecule has 16 heavy (non-hydrogen) atoms. The molecule has 0 amide bonds. The number of aliphatic hydroxyl groups excluding tert-OH is 1. The molecule has 0 saturated heterocycles. The quantitative estimate of drug-likeness (QED) is 0.914. The highest BCUT2D eigenvalue weighted by atomic mass is 79.9. The lowest BCUT2D eigenvalue weighted by molar-refractivity contribution is 0.220. The van der Waals surface area contributed by atoms with Crippen LogP contribution in [0.25, 0.3) is 0 Å². The molecule has 1 aromatic heterocycles. The topological polar surface area (TPSA) is 33.1 Å². The van der Waals surface area contributed by atoms with Gasteiger partial charge in [-0.2, -0.15) is 0 Å². The molecule has 1 heterocycles. The first-order valence-corrected chi connectivity index (χ1v) is 5.81. The zero-order chi connectivity index (χ0) is 11.5. The molecule has 2 aromatic rings. The first-order valence-electron chi connectivity index (χ1n) is 5.02. The molecule has 0 aliphatic carbocycles. The highest BCUT2D eigenvalue weighted by molar-refractivity contribution is 9.10. The average Bonchev–Trinajstić information content (AvgIpc) is 2.29. The molecule has 1 unspecified atom stereocenters. The van der Waals surface area contributed by atoms with Gasteiger partial charge in [-0.15, -0.1) is 0 Å². The number of pyridine rings is 1. The maximum absolute atomic E-state index is 10.2. The van der Waals surface area contributed by atoms with E-state index in [1.165, 1.54) is 0 Å². The monoisotopic (exact) mass is 277 g/mol. The average molecular weight is 278 g/mol. The van der Waals surface area contributed by atoms with Crippen LogP contribution in [-0.4, -0.2) is 10.1 Å². The number of hydrogen-bond acceptors (Lipinski definition) is 2. The largest absolute Gasteiger partial charge is 0.384 e. The van der Waals surface area contributed by atoms with Crippen LogP contribution in [-0.2, 0) is 0 Å². The van der Waals surface area contributed by atoms with E-state index in [0.717, 1.165) is 21.2 Å². The summed E-state index contributed by atoms with van der Waals surface area (Å²) in [6, 6.07) is 9.58. The van der Waals surface area contributed by atoms with Gasteiger partial charge in [-0.25, -0.2) is 0 Å². The molecule has 0 radical (unpaired) electrons. The Kier molecular flexibility index (Phi) is 3.36. The Hall–Kier alpha value is -1.19. The predicted octanol–water partition coefficient (Wildman–Crippen LogP) is 3.23. The second-order valence-corrected chi connectivity index (χ2v) is 4.67. The van der Waals surface area contributed by atoms with E-state index >= 15 is 0 Å². The number of benzene rings is 1. The Bertz CT molecular complexity index is 482. The minimum absolute atomic E-state index is 0.611. The molecule has 0 aliphatic rings. The Morgan fingerprint density at radius 2 is 1.81 bits per heavy atom. The second kappa shape index (κ2) is 4.76. The number of aliphatic hydroxyl groups is 1. The highest BCUT2D eigenvalue weighted by Crippen LogP contribution is 2.23. The number of nitrogens with zero attached hydrogens (tertiary/aromatic N) is 1. The van der Waals surface area contributed by atoms with Crippen molar-refractivity contribution in [3.63, 3.8) is 0 Å². The van der Waals surface area contributed by atoms with Crippen LogP contribution < -0.4 is 0 Å². The molecule has 0 aliphatic heterocycles. The summed E-state index contributed by atoms with van der Waals surface area (Å²) in [7, 11) is 0. The van der Waals surface area contributed by atoms with Crippen LogP contribution in [0.5, 0.6) is 0 Å². The van der Waals surface area contributed by atoms with E-state index < -0.39 is 6.10 Å². The van der Waals surface area contributed by atoms with Crippen LogP contribution in [0.4, 0.5) is 0 Å². The second-order valence-electron chi connectivity index (χ2n) is 3.75. The van der Waals surface area contributed by atoms with Gasteiger partial charge in [0.2, 0.25) is 0 Å². The van der Waals surface area contributed by atoms with Gasteiger partial charge in [-0.1, -0.05) is 34.1 Å². The minimum Gasteiger partial charge on any atom is -0.384 e. The zero-order valence-corrected chi connectivity index (χ0v) is 10.5. The van der Waals surface area contributed by atoms with Crippen molar-refractivity contribution in [2.75, 3.05) is 0 Å². The minimum atomic E-state index is -0.611. The number of aryl methyl sites for hydroxylation is 1. The standard InChI is InChI=1S/C13H12BrNO/c1-9-6-11(8-15-7-9)13(16)10-2-4-12(14)5-3-10/h2-8,13,16H,1H3. The summed E-state index contributed by atoms with van der Waals surface area (Å²) in [6.45, 7) is 1.96. The van der Waals surface area contributed by atoms with Gasteiger partial charge >= 0.3 is 0 Å². The summed E-state index contributed by atoms with van der Waals surface area (Å²) in [5.41, 5.74) is 2.74. The predicted molar refractivity (Wildman–Crippen MR) is 67.2 cm³/mol. The summed E-state index contributed by atoms with van der Waals surface area (Å²) >= 11 is 3.37. The lowest BCUT2D eigenvalue weighted by atomic mass is 10.0. The van der Waals surface area contributed by atoms with Crippen LogP contribution in [0, 0.1) is 6.92 Å². The molecule has 0 saturated carbocycles. The molecule has 3 heteroatoms. The van der Waals surface area contributed by atoms with Gasteiger partial charge < -0.3 is 5.11 Å². The number of hydrogen-bond donors (Lipinski definition) is 1. The smallest absolute Gasteiger partial charge is 0.106 e. The van der Waals surface area contributed by atoms with Crippen molar-refractivity contribution in [1.29, 1.82) is 0 Å². The molecule has 82 valence electrons. The van der Waals surface area contributed by atoms with E-state index in [-0.39, 0.29) is 0 Å². The summed E-state index contributed by atoms with van der Waals surface area (Å²) in [5.74, 6) is 0. The van der Waals surface area contributed by atoms with E-state index in [4.69, 9.17) is 0 Å². The number of aromatic nitrogens is 1. The fourth-order valence-corrected chi connectivity index (χ4v) is 1.83. The number of rotatable bonds is 2. The molecule has 0 spiro atoms. The third kappa shape index (κ3) is 2.49. The normalized spacial score (nSPS) is 12.4. The fraction of sp³-hybridized carbons (Fsp3) is 0.154. The molecule has 2 rings (SSSR count). The van der Waals surface area contributed by atoms with E-state index in [1.54, 1.807) is 12.4 Å². The van der Waals surface area contributed by atoms with Crippen molar-refractivity contribution < 1.29 is 5.11 Å². The Labute approximate surface area is 103 Å². The molecular weight excluding hydrogens is 266 g/mol. The van der Waals surface area contributed by atoms with Crippen LogP contribution in [0.1, 0.15) is 22.8 Å². The maximum atomic E-state index is 10.2. The van der Waals surface area contributed by atoms with Crippen molar-refractivity contribution in [3.8, 4) is 0 Å². The van der Waals surface area contributed by atoms with Crippen LogP contribution in [0.2, 0.25) is 0 Å². The molecule has 0 bridgehead atoms. The van der Waals surface area contributed by atoms with Crippen LogP contribution in [0.3, 0.4) is 0 Å². The van der Waals surface area contributed by atoms with Gasteiger partial charge in [0.05, 0.1) is 0 Å². The third-order valence-corrected chi connectivity index (χ3v) is 2.93. The van der Waals surface area contributed by atoms with Crippen molar-refractivity contribution in [3.05, 3.63) is 63.9 Å². The van der Waals surface area contributed by atoms with E-state index in [9.17, 15) is 5.11 Å². The lowest BCUT2D eigenvalue weighted by Crippen LogP contribution is -2.00. The zero-order valence-electron chi connectivity index (χ0n) is 8.89. The first kappa shape index (κ1) is 11.3. The highest BCUT2D eigenvalue weighted by Gasteiger charge is 2.10. The van der Waals surface area contributed by atoms with Crippen molar-refractivity contribution in [2.45, 2.75) is 13.0 Å². The van der Waals surface area contributed by atoms with Gasteiger partial charge in [-0.05, 0) is 30.2 Å². The van der Waals surface area contributed by atoms with E-state index in [2.05, 4.69) is 20.9 Å². The summed E-state index contributed by atoms with van der Waals surface area (Å²) < 4.78 is 1.01. The van der Waals surface area contributed by atoms with Crippen LogP contribution in [0.15, 0.2) is 47.2 Å². The van der Waals surface area contributed by atoms with Gasteiger partial charge in [0.15, 0.2) is 0 Å². The summed E-state index contributed by atoms with van der Waals surface area (Å²) in [6.07, 6.45) is 2.86. The SMILES string of the molecule is Cc1cncc(C(O)c2ccc(Br)cc2)c1. The van der Waals surface area contributed by atoms with E-state index in [0.29, 0.717) is 0 Å². The maximum Gasteiger partial charge on any atom is 0.106 e. The first-order chi connectivity index (χ1) is 7.66. The van der Waals surface area contributed by atoms with Gasteiger partial charge in [0, 0.05) is 22.4 Å². The van der Waals surface area contributed by atoms with Crippen molar-refractivity contribution in [2.24, 2.45) is 0 Å². The summed E-state index contributed by atoms with van der Waals surface area (Å²) in [5, 5.41) is 10.2. The Morgan fingerprint density at radius 1 is 1.12 bits per heavy atom. The van der Waals surface area contributed by atoms with Crippen molar-refractivity contribution >= 4 is 15.9 Å². The van der Waals surface area contributed by atoms with Gasteiger partial charge in [0.25, 0.3) is 0 Å². The Morgan fingerprint density at radius 3 is 2.44 bits per heavy atom. The molecule has 2 nitrogen and oxygen atoms in total. The van der Waals surface area contributed by atoms with Gasteiger partial charge in [0.1, 0.15) is 6.10 Å². The molecule has 1 N–H and O–H groups in total. The molecule has 0 fully saturated rings. The molecular formula is C13H12BrNO. The Balaban J connectivity index is 2.31. The molecule has 1 atom stereocenters. The third-order valence-electron chi connectivity index (χ3n) is 2.40. The number of halogens is 1. The summed E-state index contributed by atoms with van der Waals surface area (Å²) in [4.78, 5) is 4.08. The van der Waals surface area contributed by atoms with Crippen LogP contribution >= 0.6 is 15.9 Å². The fourth-order valence-electron chi connectivity index (χ4n) is 1.57. The lowest BCUT2D eigenvalue weighted by Gasteiger charge is -2.11. The van der Waals surface area contributed by atoms with E-state index in [1.807, 2.05) is 37.3 Å². The molecule has 1 aromatic carbocycles.